The largest absolute Gasteiger partial charge is 0.493 e. The number of hydrogen-bond acceptors (Lipinski definition) is 6. The van der Waals surface area contributed by atoms with Crippen LogP contribution >= 0.6 is 23.4 Å². The van der Waals surface area contributed by atoms with Crippen LogP contribution in [0.2, 0.25) is 5.02 Å². The van der Waals surface area contributed by atoms with Crippen molar-refractivity contribution in [2.24, 2.45) is 0 Å². The summed E-state index contributed by atoms with van der Waals surface area (Å²) < 4.78 is 15.9. The maximum absolute atomic E-state index is 12.8. The highest BCUT2D eigenvalue weighted by molar-refractivity contribution is 8.19. The summed E-state index contributed by atoms with van der Waals surface area (Å²) >= 11 is 6.98. The number of ether oxygens (including phenoxy) is 3. The summed E-state index contributed by atoms with van der Waals surface area (Å²) in [6.45, 7) is 0. The lowest BCUT2D eigenvalue weighted by atomic mass is 10.1. The zero-order chi connectivity index (χ0) is 19.6. The van der Waals surface area contributed by atoms with Crippen LogP contribution in [-0.2, 0) is 4.79 Å². The van der Waals surface area contributed by atoms with Crippen LogP contribution in [0.25, 0.3) is 6.08 Å². The minimum Gasteiger partial charge on any atom is -0.493 e. The van der Waals surface area contributed by atoms with Crippen molar-refractivity contribution in [1.82, 2.24) is 0 Å². The van der Waals surface area contributed by atoms with Crippen molar-refractivity contribution in [2.75, 3.05) is 26.2 Å². The van der Waals surface area contributed by atoms with Crippen molar-refractivity contribution in [1.29, 1.82) is 0 Å². The fourth-order valence-corrected chi connectivity index (χ4v) is 3.70. The standard InChI is InChI=1S/C19H16ClNO5S/c1-24-14-8-11(9-15(25-2)17(14)26-3)10-16-18(22)21(19(23)27-16)13-7-5-4-6-12(13)20/h4-10H,1-3H3/b16-10-. The number of benzene rings is 2. The molecule has 1 heterocycles. The molecule has 0 radical (unpaired) electrons. The second-order valence-corrected chi connectivity index (χ2v) is 6.83. The van der Waals surface area contributed by atoms with E-state index in [1.807, 2.05) is 0 Å². The molecule has 0 aromatic heterocycles. The number of nitrogens with zero attached hydrogens (tertiary/aromatic N) is 1. The summed E-state index contributed by atoms with van der Waals surface area (Å²) in [7, 11) is 4.52. The number of imide groups is 1. The van der Waals surface area contributed by atoms with Gasteiger partial charge < -0.3 is 14.2 Å². The molecule has 2 amide bonds. The first-order valence-corrected chi connectivity index (χ1v) is 9.02. The zero-order valence-corrected chi connectivity index (χ0v) is 16.4. The average molecular weight is 406 g/mol. The van der Waals surface area contributed by atoms with E-state index >= 15 is 0 Å². The van der Waals surface area contributed by atoms with Crippen molar-refractivity contribution in [3.05, 3.63) is 51.9 Å². The fraction of sp³-hybridized carbons (Fsp3) is 0.158. The van der Waals surface area contributed by atoms with Gasteiger partial charge in [-0.3, -0.25) is 9.59 Å². The number of carbonyl (C=O) groups excluding carboxylic acids is 2. The Morgan fingerprint density at radius 2 is 1.63 bits per heavy atom. The Balaban J connectivity index is 2.00. The van der Waals surface area contributed by atoms with Crippen LogP contribution in [0.3, 0.4) is 0 Å². The fourth-order valence-electron chi connectivity index (χ4n) is 2.64. The van der Waals surface area contributed by atoms with Crippen LogP contribution in [-0.4, -0.2) is 32.5 Å². The lowest BCUT2D eigenvalue weighted by Crippen LogP contribution is -2.27. The van der Waals surface area contributed by atoms with Gasteiger partial charge in [-0.05, 0) is 47.7 Å². The van der Waals surface area contributed by atoms with E-state index in [9.17, 15) is 9.59 Å². The molecule has 0 N–H and O–H groups in total. The SMILES string of the molecule is COc1cc(/C=C2\SC(=O)N(c3ccccc3Cl)C2=O)cc(OC)c1OC. The Bertz CT molecular complexity index is 918. The summed E-state index contributed by atoms with van der Waals surface area (Å²) in [5, 5.41) is -0.0828. The Morgan fingerprint density at radius 1 is 1.00 bits per heavy atom. The molecule has 0 unspecified atom stereocenters. The molecule has 6 nitrogen and oxygen atoms in total. The maximum atomic E-state index is 12.8. The molecule has 0 atom stereocenters. The molecule has 1 aliphatic heterocycles. The number of thioether (sulfide) groups is 1. The van der Waals surface area contributed by atoms with Gasteiger partial charge in [-0.1, -0.05) is 23.7 Å². The molecule has 0 bridgehead atoms. The summed E-state index contributed by atoms with van der Waals surface area (Å²) in [5.74, 6) is 0.912. The monoisotopic (exact) mass is 405 g/mol. The van der Waals surface area contributed by atoms with Crippen LogP contribution in [0.5, 0.6) is 17.2 Å². The van der Waals surface area contributed by atoms with Gasteiger partial charge in [0.2, 0.25) is 5.75 Å². The predicted molar refractivity (Wildman–Crippen MR) is 106 cm³/mol. The Morgan fingerprint density at radius 3 is 2.19 bits per heavy atom. The van der Waals surface area contributed by atoms with Gasteiger partial charge in [0.25, 0.3) is 11.1 Å². The molecule has 0 aliphatic carbocycles. The number of carbonyl (C=O) groups is 2. The molecule has 2 aromatic carbocycles. The molecule has 1 saturated heterocycles. The van der Waals surface area contributed by atoms with E-state index in [1.54, 1.807) is 42.5 Å². The molecule has 27 heavy (non-hydrogen) atoms. The third-order valence-corrected chi connectivity index (χ3v) is 5.06. The van der Waals surface area contributed by atoms with Crippen molar-refractivity contribution < 1.29 is 23.8 Å². The summed E-state index contributed by atoms with van der Waals surface area (Å²) in [6.07, 6.45) is 1.60. The lowest BCUT2D eigenvalue weighted by molar-refractivity contribution is -0.113. The third kappa shape index (κ3) is 3.61. The number of methoxy groups -OCH3 is 3. The number of amides is 2. The zero-order valence-electron chi connectivity index (χ0n) is 14.8. The van der Waals surface area contributed by atoms with E-state index in [1.165, 1.54) is 21.3 Å². The maximum Gasteiger partial charge on any atom is 0.298 e. The molecule has 0 spiro atoms. The quantitative estimate of drug-likeness (QED) is 0.677. The van der Waals surface area contributed by atoms with E-state index in [-0.39, 0.29) is 4.91 Å². The number of hydrogen-bond donors (Lipinski definition) is 0. The summed E-state index contributed by atoms with van der Waals surface area (Å²) in [4.78, 5) is 26.5. The minimum absolute atomic E-state index is 0.272. The van der Waals surface area contributed by atoms with Crippen LogP contribution in [0.1, 0.15) is 5.56 Å². The van der Waals surface area contributed by atoms with Gasteiger partial charge in [0.15, 0.2) is 11.5 Å². The van der Waals surface area contributed by atoms with Crippen LogP contribution in [0.15, 0.2) is 41.3 Å². The topological polar surface area (TPSA) is 65.1 Å². The van der Waals surface area contributed by atoms with E-state index in [0.717, 1.165) is 16.7 Å². The Hall–Kier alpha value is -2.64. The van der Waals surface area contributed by atoms with Crippen LogP contribution in [0, 0.1) is 0 Å². The molecule has 140 valence electrons. The first kappa shape index (κ1) is 19.1. The molecular formula is C19H16ClNO5S. The Labute approximate surface area is 165 Å². The molecule has 3 rings (SSSR count). The smallest absolute Gasteiger partial charge is 0.298 e. The van der Waals surface area contributed by atoms with Gasteiger partial charge >= 0.3 is 0 Å². The lowest BCUT2D eigenvalue weighted by Gasteiger charge is -2.14. The Kier molecular flexibility index (Phi) is 5.62. The van der Waals surface area contributed by atoms with Gasteiger partial charge in [0, 0.05) is 0 Å². The van der Waals surface area contributed by atoms with Crippen molar-refractivity contribution in [3.8, 4) is 17.2 Å². The molecule has 1 aliphatic rings. The minimum atomic E-state index is -0.438. The van der Waals surface area contributed by atoms with Crippen molar-refractivity contribution >= 4 is 46.3 Å². The normalized spacial score (nSPS) is 15.4. The second-order valence-electron chi connectivity index (χ2n) is 5.43. The van der Waals surface area contributed by atoms with Crippen molar-refractivity contribution in [3.63, 3.8) is 0 Å². The van der Waals surface area contributed by atoms with E-state index in [4.69, 9.17) is 25.8 Å². The molecule has 1 fully saturated rings. The van der Waals surface area contributed by atoms with Gasteiger partial charge in [0.1, 0.15) is 0 Å². The van der Waals surface area contributed by atoms with Gasteiger partial charge in [-0.2, -0.15) is 0 Å². The second kappa shape index (κ2) is 7.94. The highest BCUT2D eigenvalue weighted by atomic mass is 35.5. The number of halogens is 1. The van der Waals surface area contributed by atoms with Gasteiger partial charge in [0.05, 0.1) is 36.9 Å². The van der Waals surface area contributed by atoms with Crippen LogP contribution < -0.4 is 19.1 Å². The molecule has 8 heteroatoms. The third-order valence-electron chi connectivity index (χ3n) is 3.87. The highest BCUT2D eigenvalue weighted by Crippen LogP contribution is 2.41. The highest BCUT2D eigenvalue weighted by Gasteiger charge is 2.37. The van der Waals surface area contributed by atoms with Gasteiger partial charge in [-0.25, -0.2) is 4.90 Å². The predicted octanol–water partition coefficient (Wildman–Crippen LogP) is 4.61. The van der Waals surface area contributed by atoms with Crippen molar-refractivity contribution in [2.45, 2.75) is 0 Å². The number of para-hydroxylation sites is 1. The average Bonchev–Trinajstić information content (AvgIpc) is 2.94. The number of anilines is 1. The van der Waals surface area contributed by atoms with Gasteiger partial charge in [-0.15, -0.1) is 0 Å². The van der Waals surface area contributed by atoms with E-state index in [2.05, 4.69) is 0 Å². The van der Waals surface area contributed by atoms with Crippen LogP contribution in [0.4, 0.5) is 10.5 Å². The first-order valence-electron chi connectivity index (χ1n) is 7.82. The first-order chi connectivity index (χ1) is 13.0. The van der Waals surface area contributed by atoms with E-state index < -0.39 is 11.1 Å². The number of rotatable bonds is 5. The molecular weight excluding hydrogens is 390 g/mol. The molecule has 0 saturated carbocycles. The summed E-state index contributed by atoms with van der Waals surface area (Å²) in [5.41, 5.74) is 0.990. The molecule has 2 aromatic rings. The van der Waals surface area contributed by atoms with E-state index in [0.29, 0.717) is 33.5 Å². The summed E-state index contributed by atoms with van der Waals surface area (Å²) in [6, 6.07) is 10.1.